The minimum atomic E-state index is -4.86. The Labute approximate surface area is 201 Å². The van der Waals surface area contributed by atoms with Crippen LogP contribution in [-0.2, 0) is 21.0 Å². The van der Waals surface area contributed by atoms with Crippen LogP contribution in [0.4, 0.5) is 13.2 Å². The van der Waals surface area contributed by atoms with Gasteiger partial charge in [-0.15, -0.1) is 0 Å². The molecule has 1 fully saturated rings. The molecule has 0 saturated carbocycles. The molecule has 0 spiro atoms. The first-order valence-electron chi connectivity index (χ1n) is 10.9. The van der Waals surface area contributed by atoms with Gasteiger partial charge < -0.3 is 5.11 Å². The minimum Gasteiger partial charge on any atom is -0.481 e. The summed E-state index contributed by atoms with van der Waals surface area (Å²) in [4.78, 5) is 15.0. The predicted octanol–water partition coefficient (Wildman–Crippen LogP) is 5.30. The van der Waals surface area contributed by atoms with Crippen molar-refractivity contribution in [3.63, 3.8) is 0 Å². The van der Waals surface area contributed by atoms with Crippen molar-refractivity contribution in [3.05, 3.63) is 83.7 Å². The van der Waals surface area contributed by atoms with Crippen molar-refractivity contribution in [1.82, 2.24) is 9.29 Å². The molecule has 0 radical (unpaired) electrons. The summed E-state index contributed by atoms with van der Waals surface area (Å²) in [5.74, 6) is -1.89. The second kappa shape index (κ2) is 9.43. The van der Waals surface area contributed by atoms with Crippen LogP contribution in [-0.4, -0.2) is 35.3 Å². The Morgan fingerprint density at radius 3 is 2.54 bits per heavy atom. The number of carboxylic acids is 1. The van der Waals surface area contributed by atoms with Gasteiger partial charge in [0, 0.05) is 18.9 Å². The number of aliphatic carboxylic acids is 1. The number of hydrogen-bond donors (Lipinski definition) is 1. The predicted molar refractivity (Wildman–Crippen MR) is 123 cm³/mol. The first kappa shape index (κ1) is 24.9. The summed E-state index contributed by atoms with van der Waals surface area (Å²) in [6.07, 6.45) is -1.60. The molecule has 2 heterocycles. The first-order chi connectivity index (χ1) is 16.5. The van der Waals surface area contributed by atoms with Gasteiger partial charge in [-0.05, 0) is 66.3 Å². The van der Waals surface area contributed by atoms with Crippen LogP contribution < -0.4 is 0 Å². The molecule has 1 aliphatic heterocycles. The molecule has 2 atom stereocenters. The number of hydrogen-bond acceptors (Lipinski definition) is 4. The second-order valence-electron chi connectivity index (χ2n) is 8.50. The lowest BCUT2D eigenvalue weighted by molar-refractivity contribution is -0.143. The van der Waals surface area contributed by atoms with Crippen molar-refractivity contribution in [2.45, 2.75) is 36.9 Å². The quantitative estimate of drug-likeness (QED) is 0.509. The fourth-order valence-electron chi connectivity index (χ4n) is 4.52. The van der Waals surface area contributed by atoms with E-state index in [0.717, 1.165) is 39.2 Å². The standard InChI is InChI=1S/C25H23F3N2O4S/c1-16-15-29-11-9-20(16)17-5-4-6-18(13-17)22-14-19(24(31)32)10-12-30(22)35(33,34)23-8-3-2-7-21(23)25(26,27)28/h2-9,11,13,15,19,22H,10,12,14H2,1H3,(H,31,32)/t19-,22+/m0/s1. The maximum atomic E-state index is 13.6. The summed E-state index contributed by atoms with van der Waals surface area (Å²) >= 11 is 0. The Hall–Kier alpha value is -3.24. The number of nitrogens with zero attached hydrogens (tertiary/aromatic N) is 2. The zero-order valence-corrected chi connectivity index (χ0v) is 19.6. The molecular formula is C25H23F3N2O4S. The third-order valence-corrected chi connectivity index (χ3v) is 8.25. The zero-order valence-electron chi connectivity index (χ0n) is 18.7. The average molecular weight is 505 g/mol. The van der Waals surface area contributed by atoms with E-state index in [1.807, 2.05) is 19.1 Å². The van der Waals surface area contributed by atoms with E-state index in [4.69, 9.17) is 0 Å². The van der Waals surface area contributed by atoms with E-state index >= 15 is 0 Å². The van der Waals surface area contributed by atoms with Gasteiger partial charge in [-0.3, -0.25) is 9.78 Å². The van der Waals surface area contributed by atoms with E-state index < -0.39 is 44.6 Å². The highest BCUT2D eigenvalue weighted by Gasteiger charge is 2.44. The van der Waals surface area contributed by atoms with E-state index in [-0.39, 0.29) is 19.4 Å². The summed E-state index contributed by atoms with van der Waals surface area (Å²) in [5.41, 5.74) is 1.79. The van der Waals surface area contributed by atoms with Crippen LogP contribution in [0.2, 0.25) is 0 Å². The Kier molecular flexibility index (Phi) is 6.70. The molecule has 2 aromatic carbocycles. The van der Waals surface area contributed by atoms with Gasteiger partial charge in [-0.25, -0.2) is 8.42 Å². The Morgan fingerprint density at radius 1 is 1.11 bits per heavy atom. The summed E-state index contributed by atoms with van der Waals surface area (Å²) in [6.45, 7) is 1.66. The Bertz CT molecular complexity index is 1360. The largest absolute Gasteiger partial charge is 0.481 e. The normalized spacial score (nSPS) is 19.4. The minimum absolute atomic E-state index is 0.00238. The third kappa shape index (κ3) is 4.94. The van der Waals surface area contributed by atoms with Gasteiger partial charge in [0.25, 0.3) is 0 Å². The summed E-state index contributed by atoms with van der Waals surface area (Å²) in [7, 11) is -4.60. The fourth-order valence-corrected chi connectivity index (χ4v) is 6.37. The molecule has 0 unspecified atom stereocenters. The van der Waals surface area contributed by atoms with Crippen LogP contribution in [0.3, 0.4) is 0 Å². The molecule has 0 bridgehead atoms. The number of sulfonamides is 1. The van der Waals surface area contributed by atoms with Gasteiger partial charge in [0.05, 0.1) is 22.4 Å². The smallest absolute Gasteiger partial charge is 0.417 e. The number of alkyl halides is 3. The van der Waals surface area contributed by atoms with Crippen molar-refractivity contribution in [2.24, 2.45) is 5.92 Å². The van der Waals surface area contributed by atoms with Crippen molar-refractivity contribution in [1.29, 1.82) is 0 Å². The highest BCUT2D eigenvalue weighted by atomic mass is 32.2. The van der Waals surface area contributed by atoms with Crippen molar-refractivity contribution in [3.8, 4) is 11.1 Å². The Morgan fingerprint density at radius 2 is 1.86 bits per heavy atom. The molecule has 1 aromatic heterocycles. The Balaban J connectivity index is 1.82. The lowest BCUT2D eigenvalue weighted by atomic mass is 9.87. The van der Waals surface area contributed by atoms with Crippen LogP contribution in [0.1, 0.15) is 35.6 Å². The number of carbonyl (C=O) groups is 1. The number of aryl methyl sites for hydroxylation is 1. The molecule has 6 nitrogen and oxygen atoms in total. The number of halogens is 3. The van der Waals surface area contributed by atoms with E-state index in [9.17, 15) is 31.5 Å². The van der Waals surface area contributed by atoms with Crippen LogP contribution >= 0.6 is 0 Å². The summed E-state index contributed by atoms with van der Waals surface area (Å²) < 4.78 is 69.1. The molecule has 3 aromatic rings. The van der Waals surface area contributed by atoms with Gasteiger partial charge in [-0.1, -0.05) is 30.3 Å². The molecule has 1 aliphatic rings. The van der Waals surface area contributed by atoms with Gasteiger partial charge in [-0.2, -0.15) is 17.5 Å². The van der Waals surface area contributed by atoms with Crippen molar-refractivity contribution in [2.75, 3.05) is 6.54 Å². The number of piperidine rings is 1. The van der Waals surface area contributed by atoms with Crippen LogP contribution in [0, 0.1) is 12.8 Å². The third-order valence-electron chi connectivity index (χ3n) is 6.28. The van der Waals surface area contributed by atoms with E-state index in [0.29, 0.717) is 5.56 Å². The number of rotatable bonds is 5. The number of pyridine rings is 1. The maximum Gasteiger partial charge on any atom is 0.417 e. The highest BCUT2D eigenvalue weighted by molar-refractivity contribution is 7.89. The van der Waals surface area contributed by atoms with Crippen molar-refractivity contribution < 1.29 is 31.5 Å². The molecule has 4 rings (SSSR count). The van der Waals surface area contributed by atoms with Crippen LogP contribution in [0.25, 0.3) is 11.1 Å². The van der Waals surface area contributed by atoms with E-state index in [1.54, 1.807) is 30.6 Å². The number of carboxylic acid groups (broad SMARTS) is 1. The van der Waals surface area contributed by atoms with Crippen LogP contribution in [0.5, 0.6) is 0 Å². The second-order valence-corrected chi connectivity index (χ2v) is 10.4. The molecule has 35 heavy (non-hydrogen) atoms. The average Bonchev–Trinajstić information content (AvgIpc) is 2.83. The molecule has 0 aliphatic carbocycles. The SMILES string of the molecule is Cc1cnccc1-c1cccc([C@H]2C[C@@H](C(=O)O)CCN2S(=O)(=O)c2ccccc2C(F)(F)F)c1. The molecule has 1 saturated heterocycles. The molecule has 10 heteroatoms. The molecule has 0 amide bonds. The summed E-state index contributed by atoms with van der Waals surface area (Å²) in [6, 6.07) is 11.9. The van der Waals surface area contributed by atoms with Gasteiger partial charge in [0.2, 0.25) is 10.0 Å². The fraction of sp³-hybridized carbons (Fsp3) is 0.280. The monoisotopic (exact) mass is 504 g/mol. The summed E-state index contributed by atoms with van der Waals surface area (Å²) in [5, 5.41) is 9.61. The van der Waals surface area contributed by atoms with Crippen LogP contribution in [0.15, 0.2) is 71.9 Å². The zero-order chi connectivity index (χ0) is 25.4. The topological polar surface area (TPSA) is 87.6 Å². The molecule has 1 N–H and O–H groups in total. The first-order valence-corrected chi connectivity index (χ1v) is 12.4. The molecular weight excluding hydrogens is 481 g/mol. The lowest BCUT2D eigenvalue weighted by Crippen LogP contribution is -2.43. The van der Waals surface area contributed by atoms with Gasteiger partial charge in [0.1, 0.15) is 0 Å². The van der Waals surface area contributed by atoms with Gasteiger partial charge in [0.15, 0.2) is 0 Å². The molecule has 184 valence electrons. The highest BCUT2D eigenvalue weighted by Crippen LogP contribution is 2.42. The van der Waals surface area contributed by atoms with Crippen molar-refractivity contribution >= 4 is 16.0 Å². The van der Waals surface area contributed by atoms with E-state index in [2.05, 4.69) is 4.98 Å². The lowest BCUT2D eigenvalue weighted by Gasteiger charge is -2.38. The van der Waals surface area contributed by atoms with Gasteiger partial charge >= 0.3 is 12.1 Å². The maximum absolute atomic E-state index is 13.6. The van der Waals surface area contributed by atoms with E-state index in [1.165, 1.54) is 6.07 Å². The number of benzene rings is 2. The number of aromatic nitrogens is 1.